The van der Waals surface area contributed by atoms with Crippen molar-refractivity contribution in [1.82, 2.24) is 29.3 Å². The number of rotatable bonds is 8. The van der Waals surface area contributed by atoms with Crippen LogP contribution in [0.15, 0.2) is 60.9 Å². The fourth-order valence-corrected chi connectivity index (χ4v) is 5.60. The second-order valence-corrected chi connectivity index (χ2v) is 10.8. The van der Waals surface area contributed by atoms with Gasteiger partial charge in [0.15, 0.2) is 17.3 Å². The summed E-state index contributed by atoms with van der Waals surface area (Å²) in [6, 6.07) is 17.9. The van der Waals surface area contributed by atoms with Gasteiger partial charge in [-0.25, -0.2) is 15.0 Å². The normalized spacial score (nSPS) is 16.8. The van der Waals surface area contributed by atoms with Crippen molar-refractivity contribution in [2.45, 2.75) is 38.1 Å². The average molecular weight is 540 g/mol. The molecule has 1 saturated carbocycles. The van der Waals surface area contributed by atoms with Crippen LogP contribution in [0.2, 0.25) is 0 Å². The number of likely N-dealkylation sites (N-methyl/N-ethyl adjacent to an activating group) is 1. The molecule has 1 saturated heterocycles. The summed E-state index contributed by atoms with van der Waals surface area (Å²) in [6.07, 6.45) is 7.95. The molecule has 1 amide bonds. The van der Waals surface area contributed by atoms with E-state index >= 15 is 0 Å². The molecule has 0 bridgehead atoms. The van der Waals surface area contributed by atoms with E-state index in [4.69, 9.17) is 19.7 Å². The van der Waals surface area contributed by atoms with E-state index in [0.717, 1.165) is 61.5 Å². The van der Waals surface area contributed by atoms with Crippen molar-refractivity contribution < 1.29 is 9.53 Å². The summed E-state index contributed by atoms with van der Waals surface area (Å²) in [5, 5.41) is 3.44. The van der Waals surface area contributed by atoms with Gasteiger partial charge in [0.1, 0.15) is 17.9 Å². The molecule has 1 aliphatic heterocycles. The summed E-state index contributed by atoms with van der Waals surface area (Å²) in [4.78, 5) is 31.9. The number of ether oxygens (including phenoxy) is 1. The molecule has 2 aliphatic rings. The molecule has 208 valence electrons. The number of carbonyl (C=O) groups is 1. The highest BCUT2D eigenvalue weighted by atomic mass is 16.5. The molecule has 6 rings (SSSR count). The summed E-state index contributed by atoms with van der Waals surface area (Å²) >= 11 is 0. The van der Waals surface area contributed by atoms with Gasteiger partial charge in [0, 0.05) is 43.3 Å². The van der Waals surface area contributed by atoms with Gasteiger partial charge in [-0.05, 0) is 44.2 Å². The molecule has 0 radical (unpaired) electrons. The number of aromatic nitrogens is 4. The minimum Gasteiger partial charge on any atom is -0.492 e. The van der Waals surface area contributed by atoms with Gasteiger partial charge in [-0.15, -0.1) is 0 Å². The van der Waals surface area contributed by atoms with Gasteiger partial charge in [0.2, 0.25) is 0 Å². The van der Waals surface area contributed by atoms with Gasteiger partial charge in [-0.3, -0.25) is 4.79 Å². The van der Waals surface area contributed by atoms with E-state index in [2.05, 4.69) is 21.8 Å². The quantitative estimate of drug-likeness (QED) is 0.319. The summed E-state index contributed by atoms with van der Waals surface area (Å²) in [7, 11) is 2.09. The third-order valence-electron chi connectivity index (χ3n) is 7.98. The van der Waals surface area contributed by atoms with Crippen LogP contribution in [0.3, 0.4) is 0 Å². The van der Waals surface area contributed by atoms with Crippen molar-refractivity contribution in [2.75, 3.05) is 51.7 Å². The van der Waals surface area contributed by atoms with Crippen LogP contribution in [-0.2, 0) is 0 Å². The molecule has 4 aromatic rings. The van der Waals surface area contributed by atoms with Crippen LogP contribution in [0.4, 0.5) is 5.82 Å². The first-order chi connectivity index (χ1) is 19.7. The van der Waals surface area contributed by atoms with Crippen LogP contribution >= 0.6 is 0 Å². The minimum atomic E-state index is 0.0761. The highest BCUT2D eigenvalue weighted by Crippen LogP contribution is 2.32. The van der Waals surface area contributed by atoms with E-state index in [0.29, 0.717) is 36.4 Å². The minimum absolute atomic E-state index is 0.0761. The number of carbonyl (C=O) groups excluding carboxylic acids is 1. The Kier molecular flexibility index (Phi) is 7.90. The van der Waals surface area contributed by atoms with E-state index in [1.165, 1.54) is 19.3 Å². The molecule has 1 N–H and O–H groups in total. The van der Waals surface area contributed by atoms with E-state index in [1.807, 2.05) is 65.8 Å². The maximum Gasteiger partial charge on any atom is 0.253 e. The third-order valence-corrected chi connectivity index (χ3v) is 7.98. The zero-order valence-electron chi connectivity index (χ0n) is 23.1. The number of benzene rings is 2. The molecule has 2 fully saturated rings. The van der Waals surface area contributed by atoms with Crippen LogP contribution in [0.1, 0.15) is 48.5 Å². The molecule has 3 heterocycles. The highest BCUT2D eigenvalue weighted by molar-refractivity contribution is 5.95. The van der Waals surface area contributed by atoms with E-state index < -0.39 is 0 Å². The number of para-hydroxylation sites is 1. The number of anilines is 1. The second-order valence-electron chi connectivity index (χ2n) is 10.8. The molecule has 40 heavy (non-hydrogen) atoms. The first-order valence-electron chi connectivity index (χ1n) is 14.4. The van der Waals surface area contributed by atoms with Gasteiger partial charge in [-0.2, -0.15) is 0 Å². The Labute approximate surface area is 235 Å². The second kappa shape index (κ2) is 12.0. The molecule has 9 heteroatoms. The lowest BCUT2D eigenvalue weighted by Gasteiger charge is -2.32. The van der Waals surface area contributed by atoms with Crippen molar-refractivity contribution in [3.63, 3.8) is 0 Å². The number of nitrogens with zero attached hydrogens (tertiary/aromatic N) is 6. The molecular weight excluding hydrogens is 502 g/mol. The van der Waals surface area contributed by atoms with Gasteiger partial charge >= 0.3 is 0 Å². The number of piperazine rings is 1. The first kappa shape index (κ1) is 26.3. The lowest BCUT2D eigenvalue weighted by Crippen LogP contribution is -2.47. The van der Waals surface area contributed by atoms with Crippen molar-refractivity contribution in [2.24, 2.45) is 0 Å². The number of fused-ring (bicyclic) bond motifs is 1. The lowest BCUT2D eigenvalue weighted by atomic mass is 9.95. The maximum absolute atomic E-state index is 13.1. The number of hydrogen-bond acceptors (Lipinski definition) is 7. The van der Waals surface area contributed by atoms with Gasteiger partial charge < -0.3 is 24.4 Å². The zero-order valence-corrected chi connectivity index (χ0v) is 23.1. The zero-order chi connectivity index (χ0) is 27.3. The Bertz CT molecular complexity index is 1420. The summed E-state index contributed by atoms with van der Waals surface area (Å²) < 4.78 is 8.11. The van der Waals surface area contributed by atoms with Crippen LogP contribution in [0, 0.1) is 0 Å². The van der Waals surface area contributed by atoms with Crippen molar-refractivity contribution in [1.29, 1.82) is 0 Å². The SMILES string of the molecule is CN1CCN(C(=O)c2ccc(-c3nc(NCCOc4ccccc4)c4ncn(C5CCCCC5)c4n3)cc2)CC1. The average Bonchev–Trinajstić information content (AvgIpc) is 3.45. The highest BCUT2D eigenvalue weighted by Gasteiger charge is 2.23. The standard InChI is InChI=1S/C31H37N7O2/c1-36-17-19-37(20-18-36)31(39)24-14-12-23(13-15-24)28-34-29(32-16-21-40-26-10-6-3-7-11-26)27-30(35-28)38(22-33-27)25-8-4-2-5-9-25/h3,6-7,10-15,22,25H,2,4-5,8-9,16-21H2,1H3,(H,32,34,35). The fourth-order valence-electron chi connectivity index (χ4n) is 5.60. The number of amides is 1. The van der Waals surface area contributed by atoms with Crippen LogP contribution < -0.4 is 10.1 Å². The molecule has 1 aliphatic carbocycles. The summed E-state index contributed by atoms with van der Waals surface area (Å²) in [6.45, 7) is 4.39. The Balaban J connectivity index is 1.25. The summed E-state index contributed by atoms with van der Waals surface area (Å²) in [5.41, 5.74) is 3.19. The van der Waals surface area contributed by atoms with Crippen LogP contribution in [-0.4, -0.2) is 81.6 Å². The van der Waals surface area contributed by atoms with Crippen molar-refractivity contribution in [3.05, 3.63) is 66.5 Å². The third kappa shape index (κ3) is 5.79. The molecule has 0 atom stereocenters. The van der Waals surface area contributed by atoms with Crippen molar-refractivity contribution >= 4 is 22.9 Å². The predicted molar refractivity (Wildman–Crippen MR) is 157 cm³/mol. The first-order valence-corrected chi connectivity index (χ1v) is 14.4. The van der Waals surface area contributed by atoms with Crippen molar-refractivity contribution in [3.8, 4) is 17.1 Å². The van der Waals surface area contributed by atoms with Gasteiger partial charge in [-0.1, -0.05) is 49.6 Å². The van der Waals surface area contributed by atoms with Crippen LogP contribution in [0.5, 0.6) is 5.75 Å². The molecule has 2 aromatic carbocycles. The smallest absolute Gasteiger partial charge is 0.253 e. The lowest BCUT2D eigenvalue weighted by molar-refractivity contribution is 0.0664. The summed E-state index contributed by atoms with van der Waals surface area (Å²) in [5.74, 6) is 2.23. The Morgan fingerprint density at radius 2 is 1.70 bits per heavy atom. The molecule has 2 aromatic heterocycles. The molecular formula is C31H37N7O2. The monoisotopic (exact) mass is 539 g/mol. The number of nitrogens with one attached hydrogen (secondary N) is 1. The van der Waals surface area contributed by atoms with Gasteiger partial charge in [0.05, 0.1) is 12.9 Å². The Morgan fingerprint density at radius 3 is 2.45 bits per heavy atom. The maximum atomic E-state index is 13.1. The van der Waals surface area contributed by atoms with E-state index in [1.54, 1.807) is 0 Å². The van der Waals surface area contributed by atoms with Gasteiger partial charge in [0.25, 0.3) is 5.91 Å². The van der Waals surface area contributed by atoms with Crippen LogP contribution in [0.25, 0.3) is 22.6 Å². The van der Waals surface area contributed by atoms with E-state index in [-0.39, 0.29) is 5.91 Å². The molecule has 0 unspecified atom stereocenters. The predicted octanol–water partition coefficient (Wildman–Crippen LogP) is 4.88. The Hall–Kier alpha value is -3.98. The molecule has 0 spiro atoms. The largest absolute Gasteiger partial charge is 0.492 e. The van der Waals surface area contributed by atoms with E-state index in [9.17, 15) is 4.79 Å². The molecule has 9 nitrogen and oxygen atoms in total. The number of imidazole rings is 1. The number of hydrogen-bond donors (Lipinski definition) is 1. The Morgan fingerprint density at radius 1 is 0.950 bits per heavy atom. The topological polar surface area (TPSA) is 88.4 Å². The fraction of sp³-hybridized carbons (Fsp3) is 0.419.